The molecule has 1 aliphatic carbocycles. The quantitative estimate of drug-likeness (QED) is 0.814. The minimum atomic E-state index is -0.320. The van der Waals surface area contributed by atoms with E-state index in [1.165, 1.54) is 0 Å². The Bertz CT molecular complexity index is 435. The minimum absolute atomic E-state index is 0.0294. The second-order valence-electron chi connectivity index (χ2n) is 6.09. The molecule has 0 aliphatic heterocycles. The minimum Gasteiger partial charge on any atom is -0.391 e. The molecule has 1 aromatic rings. The van der Waals surface area contributed by atoms with Crippen molar-refractivity contribution in [3.63, 3.8) is 0 Å². The molecule has 2 N–H and O–H groups in total. The summed E-state index contributed by atoms with van der Waals surface area (Å²) in [5, 5.41) is 26.2. The van der Waals surface area contributed by atoms with Crippen LogP contribution in [-0.4, -0.2) is 33.6 Å². The Kier molecular flexibility index (Phi) is 4.23. The highest BCUT2D eigenvalue weighted by molar-refractivity contribution is 5.00. The van der Waals surface area contributed by atoms with Gasteiger partial charge in [0, 0.05) is 31.4 Å². The molecule has 1 heterocycles. The molecule has 3 atom stereocenters. The Morgan fingerprint density at radius 2 is 2.37 bits per heavy atom. The van der Waals surface area contributed by atoms with Gasteiger partial charge in [0.1, 0.15) is 0 Å². The highest BCUT2D eigenvalue weighted by Crippen LogP contribution is 2.33. The van der Waals surface area contributed by atoms with E-state index in [4.69, 9.17) is 5.26 Å². The zero-order valence-corrected chi connectivity index (χ0v) is 11.6. The van der Waals surface area contributed by atoms with Crippen LogP contribution in [0.4, 0.5) is 0 Å². The van der Waals surface area contributed by atoms with E-state index in [-0.39, 0.29) is 23.6 Å². The highest BCUT2D eigenvalue weighted by Gasteiger charge is 2.41. The van der Waals surface area contributed by atoms with Crippen molar-refractivity contribution < 1.29 is 5.11 Å². The summed E-state index contributed by atoms with van der Waals surface area (Å²) < 4.78 is 1.83. The fourth-order valence-electron chi connectivity index (χ4n) is 2.52. The molecule has 0 unspecified atom stereocenters. The van der Waals surface area contributed by atoms with Gasteiger partial charge in [-0.3, -0.25) is 4.68 Å². The lowest BCUT2D eigenvalue weighted by atomic mass is 9.81. The van der Waals surface area contributed by atoms with E-state index in [2.05, 4.69) is 30.3 Å². The van der Waals surface area contributed by atoms with Gasteiger partial charge >= 0.3 is 0 Å². The number of aliphatic hydroxyl groups is 1. The first-order chi connectivity index (χ1) is 9.03. The summed E-state index contributed by atoms with van der Waals surface area (Å²) in [6, 6.07) is 4.36. The Labute approximate surface area is 114 Å². The van der Waals surface area contributed by atoms with Crippen LogP contribution in [0.3, 0.4) is 0 Å². The number of nitriles is 1. The van der Waals surface area contributed by atoms with Gasteiger partial charge in [0.2, 0.25) is 0 Å². The number of hydrogen-bond acceptors (Lipinski definition) is 4. The largest absolute Gasteiger partial charge is 0.391 e. The molecule has 1 aliphatic rings. The van der Waals surface area contributed by atoms with Crippen molar-refractivity contribution in [2.45, 2.75) is 51.3 Å². The zero-order valence-electron chi connectivity index (χ0n) is 11.6. The molecule has 1 saturated carbocycles. The van der Waals surface area contributed by atoms with Gasteiger partial charge in [-0.25, -0.2) is 0 Å². The van der Waals surface area contributed by atoms with Gasteiger partial charge in [-0.2, -0.15) is 10.4 Å². The Balaban J connectivity index is 1.85. The maximum absolute atomic E-state index is 9.88. The van der Waals surface area contributed by atoms with Gasteiger partial charge in [0.05, 0.1) is 18.2 Å². The predicted octanol–water partition coefficient (Wildman–Crippen LogP) is 1.48. The van der Waals surface area contributed by atoms with Crippen LogP contribution in [0, 0.1) is 16.7 Å². The van der Waals surface area contributed by atoms with Crippen LogP contribution in [-0.2, 0) is 0 Å². The third-order valence-corrected chi connectivity index (χ3v) is 3.89. The molecule has 0 bridgehead atoms. The molecule has 5 heteroatoms. The first-order valence-corrected chi connectivity index (χ1v) is 6.81. The number of nitrogens with one attached hydrogen (secondary N) is 1. The van der Waals surface area contributed by atoms with Crippen LogP contribution in [0.15, 0.2) is 18.5 Å². The van der Waals surface area contributed by atoms with Crippen molar-refractivity contribution in [3.05, 3.63) is 18.5 Å². The van der Waals surface area contributed by atoms with E-state index < -0.39 is 0 Å². The van der Waals surface area contributed by atoms with Gasteiger partial charge in [-0.1, -0.05) is 13.8 Å². The molecule has 1 fully saturated rings. The predicted molar refractivity (Wildman–Crippen MR) is 72.3 cm³/mol. The topological polar surface area (TPSA) is 73.9 Å². The molecule has 0 saturated heterocycles. The first kappa shape index (κ1) is 14.0. The molecule has 1 aromatic heterocycles. The lowest BCUT2D eigenvalue weighted by Gasteiger charge is -2.43. The van der Waals surface area contributed by atoms with Crippen LogP contribution in [0.25, 0.3) is 0 Å². The van der Waals surface area contributed by atoms with Crippen LogP contribution in [0.5, 0.6) is 0 Å². The van der Waals surface area contributed by atoms with Gasteiger partial charge in [0.15, 0.2) is 0 Å². The third-order valence-electron chi connectivity index (χ3n) is 3.89. The van der Waals surface area contributed by atoms with Crippen molar-refractivity contribution in [2.24, 2.45) is 5.41 Å². The number of aromatic nitrogens is 2. The van der Waals surface area contributed by atoms with E-state index in [1.807, 2.05) is 16.9 Å². The third kappa shape index (κ3) is 3.34. The van der Waals surface area contributed by atoms with Crippen molar-refractivity contribution in [3.8, 4) is 6.07 Å². The molecule has 0 radical (unpaired) electrons. The van der Waals surface area contributed by atoms with Gasteiger partial charge in [-0.15, -0.1) is 0 Å². The second-order valence-corrected chi connectivity index (χ2v) is 6.09. The van der Waals surface area contributed by atoms with E-state index in [0.29, 0.717) is 6.42 Å². The fourth-order valence-corrected chi connectivity index (χ4v) is 2.52. The summed E-state index contributed by atoms with van der Waals surface area (Å²) in [6.45, 7) is 5.18. The molecule has 2 rings (SSSR count). The lowest BCUT2D eigenvalue weighted by molar-refractivity contribution is -0.0107. The first-order valence-electron chi connectivity index (χ1n) is 6.81. The molecule has 19 heavy (non-hydrogen) atoms. The van der Waals surface area contributed by atoms with Crippen molar-refractivity contribution >= 4 is 0 Å². The summed E-state index contributed by atoms with van der Waals surface area (Å²) in [4.78, 5) is 0. The van der Waals surface area contributed by atoms with Crippen LogP contribution >= 0.6 is 0 Å². The maximum atomic E-state index is 9.88. The number of nitrogens with zero attached hydrogens (tertiary/aromatic N) is 3. The van der Waals surface area contributed by atoms with Gasteiger partial charge in [0.25, 0.3) is 0 Å². The second kappa shape index (κ2) is 5.72. The SMILES string of the molecule is CC(C)(CCC#N)CN[C@H]1C[C@@H](O)[C@@H]1n1cccn1. The zero-order chi connectivity index (χ0) is 13.9. The highest BCUT2D eigenvalue weighted by atomic mass is 16.3. The fraction of sp³-hybridized carbons (Fsp3) is 0.714. The summed E-state index contributed by atoms with van der Waals surface area (Å²) >= 11 is 0. The van der Waals surface area contributed by atoms with Crippen LogP contribution < -0.4 is 5.32 Å². The van der Waals surface area contributed by atoms with Crippen LogP contribution in [0.2, 0.25) is 0 Å². The monoisotopic (exact) mass is 262 g/mol. The Morgan fingerprint density at radius 3 is 2.95 bits per heavy atom. The number of hydrogen-bond donors (Lipinski definition) is 2. The van der Waals surface area contributed by atoms with Crippen molar-refractivity contribution in [1.82, 2.24) is 15.1 Å². The summed E-state index contributed by atoms with van der Waals surface area (Å²) in [5.41, 5.74) is 0.102. The average molecular weight is 262 g/mol. The maximum Gasteiger partial charge on any atom is 0.0932 e. The smallest absolute Gasteiger partial charge is 0.0932 e. The number of rotatable bonds is 6. The van der Waals surface area contributed by atoms with Crippen molar-refractivity contribution in [2.75, 3.05) is 6.54 Å². The molecule has 0 aromatic carbocycles. The molecular formula is C14H22N4O. The average Bonchev–Trinajstić information content (AvgIpc) is 2.85. The van der Waals surface area contributed by atoms with E-state index in [1.54, 1.807) is 6.20 Å². The molecular weight excluding hydrogens is 240 g/mol. The van der Waals surface area contributed by atoms with E-state index in [0.717, 1.165) is 19.4 Å². The standard InChI is InChI=1S/C14H22N4O/c1-14(2,5-3-6-15)10-16-11-9-12(19)13(11)18-8-4-7-17-18/h4,7-8,11-13,16,19H,3,5,9-10H2,1-2H3/t11-,12+,13+/m0/s1. The van der Waals surface area contributed by atoms with Crippen LogP contribution in [0.1, 0.15) is 39.2 Å². The van der Waals surface area contributed by atoms with Gasteiger partial charge < -0.3 is 10.4 Å². The van der Waals surface area contributed by atoms with E-state index in [9.17, 15) is 5.11 Å². The summed E-state index contributed by atoms with van der Waals surface area (Å²) in [7, 11) is 0. The molecule has 104 valence electrons. The van der Waals surface area contributed by atoms with Crippen molar-refractivity contribution in [1.29, 1.82) is 5.26 Å². The lowest BCUT2D eigenvalue weighted by Crippen LogP contribution is -2.56. The summed E-state index contributed by atoms with van der Waals surface area (Å²) in [5.74, 6) is 0. The molecule has 0 amide bonds. The van der Waals surface area contributed by atoms with E-state index >= 15 is 0 Å². The Morgan fingerprint density at radius 1 is 1.58 bits per heavy atom. The van der Waals surface area contributed by atoms with Gasteiger partial charge in [-0.05, 0) is 24.3 Å². The molecule has 5 nitrogen and oxygen atoms in total. The number of aliphatic hydroxyl groups excluding tert-OH is 1. The Hall–Kier alpha value is -1.38. The summed E-state index contributed by atoms with van der Waals surface area (Å²) in [6.07, 6.45) is 5.54. The molecule has 0 spiro atoms. The normalized spacial score (nSPS) is 26.7.